The zero-order chi connectivity index (χ0) is 20.2. The Morgan fingerprint density at radius 3 is 2.07 bits per heavy atom. The van der Waals surface area contributed by atoms with E-state index in [4.69, 9.17) is 9.84 Å². The largest absolute Gasteiger partial charge is 0.481 e. The van der Waals surface area contributed by atoms with Crippen LogP contribution in [0.2, 0.25) is 0 Å². The van der Waals surface area contributed by atoms with Crippen LogP contribution < -0.4 is 0 Å². The fraction of sp³-hybridized carbons (Fsp3) is 0.652. The zero-order valence-corrected chi connectivity index (χ0v) is 17.2. The minimum atomic E-state index is -0.713. The SMILES string of the molecule is CC/C=C\C/C=C\C/C=C\C(CCCCCCCCC(=O)O)OC(=O)CC. The second-order valence-electron chi connectivity index (χ2n) is 6.69. The second kappa shape index (κ2) is 18.9. The minimum absolute atomic E-state index is 0.141. The van der Waals surface area contributed by atoms with E-state index in [0.29, 0.717) is 6.42 Å². The molecule has 0 bridgehead atoms. The van der Waals surface area contributed by atoms with Crippen molar-refractivity contribution in [1.29, 1.82) is 0 Å². The third-order valence-electron chi connectivity index (χ3n) is 4.16. The van der Waals surface area contributed by atoms with Gasteiger partial charge in [-0.2, -0.15) is 0 Å². The number of carboxylic acid groups (broad SMARTS) is 1. The topological polar surface area (TPSA) is 63.6 Å². The molecule has 0 aromatic heterocycles. The molecule has 0 aliphatic heterocycles. The maximum atomic E-state index is 11.6. The van der Waals surface area contributed by atoms with Crippen LogP contribution in [0.3, 0.4) is 0 Å². The van der Waals surface area contributed by atoms with E-state index in [1.165, 1.54) is 0 Å². The lowest BCUT2D eigenvalue weighted by Crippen LogP contribution is -2.15. The maximum Gasteiger partial charge on any atom is 0.306 e. The molecular formula is C23H38O4. The van der Waals surface area contributed by atoms with Gasteiger partial charge in [0.25, 0.3) is 0 Å². The van der Waals surface area contributed by atoms with Crippen molar-refractivity contribution in [3.05, 3.63) is 36.5 Å². The quantitative estimate of drug-likeness (QED) is 0.181. The smallest absolute Gasteiger partial charge is 0.306 e. The summed E-state index contributed by atoms with van der Waals surface area (Å²) in [6.45, 7) is 3.94. The van der Waals surface area contributed by atoms with Crippen LogP contribution in [0.4, 0.5) is 0 Å². The molecule has 4 nitrogen and oxygen atoms in total. The van der Waals surface area contributed by atoms with E-state index in [1.54, 1.807) is 0 Å². The van der Waals surface area contributed by atoms with Gasteiger partial charge in [0.2, 0.25) is 0 Å². The van der Waals surface area contributed by atoms with Gasteiger partial charge in [-0.15, -0.1) is 0 Å². The van der Waals surface area contributed by atoms with Gasteiger partial charge in [-0.05, 0) is 44.6 Å². The molecule has 0 aliphatic rings. The van der Waals surface area contributed by atoms with Crippen molar-refractivity contribution < 1.29 is 19.4 Å². The number of allylic oxidation sites excluding steroid dienone is 5. The first-order valence-electron chi connectivity index (χ1n) is 10.5. The lowest BCUT2D eigenvalue weighted by Gasteiger charge is -2.14. The Morgan fingerprint density at radius 2 is 1.44 bits per heavy atom. The number of esters is 1. The van der Waals surface area contributed by atoms with Crippen molar-refractivity contribution in [3.8, 4) is 0 Å². The van der Waals surface area contributed by atoms with Gasteiger partial charge >= 0.3 is 11.9 Å². The number of hydrogen-bond acceptors (Lipinski definition) is 3. The first-order chi connectivity index (χ1) is 13.1. The second-order valence-corrected chi connectivity index (χ2v) is 6.69. The molecule has 0 aromatic carbocycles. The molecule has 0 radical (unpaired) electrons. The van der Waals surface area contributed by atoms with Gasteiger partial charge in [-0.25, -0.2) is 0 Å². The van der Waals surface area contributed by atoms with Crippen molar-refractivity contribution in [3.63, 3.8) is 0 Å². The Bertz CT molecular complexity index is 463. The Balaban J connectivity index is 4.02. The van der Waals surface area contributed by atoms with E-state index in [1.807, 2.05) is 13.0 Å². The number of aliphatic carboxylic acids is 1. The van der Waals surface area contributed by atoms with Crippen molar-refractivity contribution in [2.24, 2.45) is 0 Å². The van der Waals surface area contributed by atoms with Crippen molar-refractivity contribution in [2.45, 2.75) is 97.0 Å². The molecule has 0 fully saturated rings. The average Bonchev–Trinajstić information content (AvgIpc) is 2.65. The van der Waals surface area contributed by atoms with Crippen LogP contribution in [0.5, 0.6) is 0 Å². The fourth-order valence-corrected chi connectivity index (χ4v) is 2.62. The first kappa shape index (κ1) is 25.2. The summed E-state index contributed by atoms with van der Waals surface area (Å²) in [6.07, 6.45) is 22.9. The Kier molecular flexibility index (Phi) is 17.6. The van der Waals surface area contributed by atoms with Crippen LogP contribution >= 0.6 is 0 Å². The van der Waals surface area contributed by atoms with Crippen molar-refractivity contribution in [1.82, 2.24) is 0 Å². The van der Waals surface area contributed by atoms with Gasteiger partial charge in [-0.1, -0.05) is 69.9 Å². The average molecular weight is 379 g/mol. The van der Waals surface area contributed by atoms with Crippen LogP contribution in [-0.2, 0) is 14.3 Å². The number of carboxylic acids is 1. The minimum Gasteiger partial charge on any atom is -0.481 e. The summed E-state index contributed by atoms with van der Waals surface area (Å²) in [5.74, 6) is -0.867. The van der Waals surface area contributed by atoms with Crippen LogP contribution in [0.25, 0.3) is 0 Å². The highest BCUT2D eigenvalue weighted by molar-refractivity contribution is 5.69. The van der Waals surface area contributed by atoms with E-state index >= 15 is 0 Å². The van der Waals surface area contributed by atoms with Crippen LogP contribution in [0.15, 0.2) is 36.5 Å². The highest BCUT2D eigenvalue weighted by atomic mass is 16.5. The van der Waals surface area contributed by atoms with Gasteiger partial charge in [0.15, 0.2) is 0 Å². The third-order valence-corrected chi connectivity index (χ3v) is 4.16. The molecule has 0 aromatic rings. The van der Waals surface area contributed by atoms with Crippen LogP contribution in [0.1, 0.15) is 90.9 Å². The molecule has 27 heavy (non-hydrogen) atoms. The standard InChI is InChI=1S/C23H38O4/c1-3-5-6-7-8-9-12-15-18-21(27-23(26)4-2)19-16-13-10-11-14-17-20-22(24)25/h5-6,8-9,15,18,21H,3-4,7,10-14,16-17,19-20H2,1-2H3,(H,24,25)/b6-5-,9-8-,18-15-. The maximum absolute atomic E-state index is 11.6. The number of ether oxygens (including phenoxy) is 1. The lowest BCUT2D eigenvalue weighted by molar-refractivity contribution is -0.146. The predicted molar refractivity (Wildman–Crippen MR) is 112 cm³/mol. The first-order valence-corrected chi connectivity index (χ1v) is 10.5. The van der Waals surface area contributed by atoms with Gasteiger partial charge in [0, 0.05) is 12.8 Å². The summed E-state index contributed by atoms with van der Waals surface area (Å²) >= 11 is 0. The molecule has 0 saturated heterocycles. The monoisotopic (exact) mass is 378 g/mol. The zero-order valence-electron chi connectivity index (χ0n) is 17.2. The molecule has 1 N–H and O–H groups in total. The molecule has 0 rings (SSSR count). The summed E-state index contributed by atoms with van der Waals surface area (Å²) < 4.78 is 5.50. The summed E-state index contributed by atoms with van der Waals surface area (Å²) in [6, 6.07) is 0. The molecule has 0 amide bonds. The predicted octanol–water partition coefficient (Wildman–Crippen LogP) is 6.37. The number of carbonyl (C=O) groups is 2. The number of hydrogen-bond donors (Lipinski definition) is 1. The lowest BCUT2D eigenvalue weighted by atomic mass is 10.1. The van der Waals surface area contributed by atoms with E-state index in [2.05, 4.69) is 37.3 Å². The summed E-state index contributed by atoms with van der Waals surface area (Å²) in [5, 5.41) is 8.61. The van der Waals surface area contributed by atoms with Gasteiger partial charge in [0.05, 0.1) is 0 Å². The summed E-state index contributed by atoms with van der Waals surface area (Å²) in [4.78, 5) is 22.0. The van der Waals surface area contributed by atoms with E-state index in [0.717, 1.165) is 64.2 Å². The molecule has 0 heterocycles. The molecule has 1 unspecified atom stereocenters. The molecule has 4 heteroatoms. The van der Waals surface area contributed by atoms with Crippen molar-refractivity contribution >= 4 is 11.9 Å². The highest BCUT2D eigenvalue weighted by Crippen LogP contribution is 2.13. The molecule has 1 atom stereocenters. The van der Waals surface area contributed by atoms with E-state index < -0.39 is 5.97 Å². The summed E-state index contributed by atoms with van der Waals surface area (Å²) in [7, 11) is 0. The van der Waals surface area contributed by atoms with E-state index in [-0.39, 0.29) is 18.5 Å². The molecule has 0 aliphatic carbocycles. The Labute approximate surface area is 165 Å². The molecule has 0 saturated carbocycles. The molecule has 154 valence electrons. The van der Waals surface area contributed by atoms with Crippen LogP contribution in [-0.4, -0.2) is 23.1 Å². The summed E-state index contributed by atoms with van der Waals surface area (Å²) in [5.41, 5.74) is 0. The Morgan fingerprint density at radius 1 is 0.852 bits per heavy atom. The number of unbranched alkanes of at least 4 members (excludes halogenated alkanes) is 5. The third kappa shape index (κ3) is 18.7. The van der Waals surface area contributed by atoms with E-state index in [9.17, 15) is 9.59 Å². The number of rotatable bonds is 17. The van der Waals surface area contributed by atoms with Crippen LogP contribution in [0, 0.1) is 0 Å². The van der Waals surface area contributed by atoms with Gasteiger partial charge in [0.1, 0.15) is 6.10 Å². The Hall–Kier alpha value is -1.84. The fourth-order valence-electron chi connectivity index (χ4n) is 2.62. The highest BCUT2D eigenvalue weighted by Gasteiger charge is 2.09. The van der Waals surface area contributed by atoms with Gasteiger partial charge in [-0.3, -0.25) is 9.59 Å². The van der Waals surface area contributed by atoms with Gasteiger partial charge < -0.3 is 9.84 Å². The normalized spacial score (nSPS) is 13.0. The number of carbonyl (C=O) groups excluding carboxylic acids is 1. The molecular weight excluding hydrogens is 340 g/mol. The van der Waals surface area contributed by atoms with Crippen molar-refractivity contribution in [2.75, 3.05) is 0 Å². The molecule has 0 spiro atoms.